The van der Waals surface area contributed by atoms with Crippen LogP contribution in [-0.4, -0.2) is 25.7 Å². The molecular formula is C14H17N3. The van der Waals surface area contributed by atoms with Crippen LogP contribution in [0, 0.1) is 23.2 Å². The van der Waals surface area contributed by atoms with Crippen molar-refractivity contribution in [2.24, 2.45) is 11.8 Å². The Labute approximate surface area is 102 Å². The van der Waals surface area contributed by atoms with Gasteiger partial charge in [-0.1, -0.05) is 0 Å². The van der Waals surface area contributed by atoms with Gasteiger partial charge in [-0.15, -0.1) is 0 Å². The van der Waals surface area contributed by atoms with Gasteiger partial charge in [0.1, 0.15) is 0 Å². The van der Waals surface area contributed by atoms with Gasteiger partial charge < -0.3 is 10.2 Å². The second kappa shape index (κ2) is 4.05. The van der Waals surface area contributed by atoms with Crippen molar-refractivity contribution in [3.63, 3.8) is 0 Å². The summed E-state index contributed by atoms with van der Waals surface area (Å²) >= 11 is 0. The molecular weight excluding hydrogens is 210 g/mol. The van der Waals surface area contributed by atoms with Crippen LogP contribution in [0.2, 0.25) is 0 Å². The van der Waals surface area contributed by atoms with Gasteiger partial charge in [-0.25, -0.2) is 0 Å². The lowest BCUT2D eigenvalue weighted by Crippen LogP contribution is -2.33. The van der Waals surface area contributed by atoms with E-state index in [0.717, 1.165) is 37.0 Å². The Hall–Kier alpha value is -1.53. The first kappa shape index (κ1) is 10.6. The van der Waals surface area contributed by atoms with Gasteiger partial charge in [-0.3, -0.25) is 0 Å². The summed E-state index contributed by atoms with van der Waals surface area (Å²) in [6.07, 6.45) is 0. The maximum Gasteiger partial charge on any atom is 0.0991 e. The van der Waals surface area contributed by atoms with Crippen molar-refractivity contribution in [2.45, 2.75) is 13.0 Å². The summed E-state index contributed by atoms with van der Waals surface area (Å²) < 4.78 is 0. The van der Waals surface area contributed by atoms with Gasteiger partial charge in [-0.05, 0) is 43.0 Å². The molecule has 3 nitrogen and oxygen atoms in total. The number of nitrogens with one attached hydrogen (secondary N) is 1. The Morgan fingerprint density at radius 1 is 1.29 bits per heavy atom. The van der Waals surface area contributed by atoms with Gasteiger partial charge in [0.25, 0.3) is 0 Å². The van der Waals surface area contributed by atoms with Crippen molar-refractivity contribution in [1.82, 2.24) is 5.32 Å². The zero-order valence-corrected chi connectivity index (χ0v) is 10.1. The van der Waals surface area contributed by atoms with Gasteiger partial charge in [0.2, 0.25) is 0 Å². The number of nitriles is 1. The molecule has 0 aromatic heterocycles. The normalized spacial score (nSPS) is 31.3. The molecule has 3 unspecified atom stereocenters. The second-order valence-electron chi connectivity index (χ2n) is 5.13. The zero-order valence-electron chi connectivity index (χ0n) is 10.1. The molecule has 0 amide bonds. The van der Waals surface area contributed by atoms with Crippen molar-refractivity contribution in [1.29, 1.82) is 5.26 Å². The smallest absolute Gasteiger partial charge is 0.0991 e. The van der Waals surface area contributed by atoms with E-state index in [1.807, 2.05) is 12.1 Å². The molecule has 2 aliphatic rings. The number of benzene rings is 1. The summed E-state index contributed by atoms with van der Waals surface area (Å²) in [5, 5.41) is 12.3. The van der Waals surface area contributed by atoms with Gasteiger partial charge in [-0.2, -0.15) is 5.26 Å². The van der Waals surface area contributed by atoms with Crippen LogP contribution in [0.3, 0.4) is 0 Å². The van der Waals surface area contributed by atoms with E-state index in [2.05, 4.69) is 35.3 Å². The topological polar surface area (TPSA) is 39.1 Å². The lowest BCUT2D eigenvalue weighted by atomic mass is 9.95. The molecule has 17 heavy (non-hydrogen) atoms. The Balaban J connectivity index is 1.83. The molecule has 1 N–H and O–H groups in total. The van der Waals surface area contributed by atoms with Gasteiger partial charge in [0, 0.05) is 31.4 Å². The number of nitrogens with zero attached hydrogens (tertiary/aromatic N) is 2. The Kier molecular flexibility index (Phi) is 2.53. The third kappa shape index (κ3) is 1.69. The minimum atomic E-state index is 0.600. The molecule has 3 rings (SSSR count). The summed E-state index contributed by atoms with van der Waals surface area (Å²) in [6, 6.07) is 10.7. The highest BCUT2D eigenvalue weighted by atomic mass is 15.2. The van der Waals surface area contributed by atoms with Crippen molar-refractivity contribution < 1.29 is 0 Å². The molecule has 0 saturated carbocycles. The lowest BCUT2D eigenvalue weighted by molar-refractivity contribution is 0.471. The quantitative estimate of drug-likeness (QED) is 0.792. The molecule has 0 bridgehead atoms. The molecule has 3 heteroatoms. The first-order valence-electron chi connectivity index (χ1n) is 6.27. The van der Waals surface area contributed by atoms with E-state index in [1.165, 1.54) is 5.69 Å². The summed E-state index contributed by atoms with van der Waals surface area (Å²) in [7, 11) is 0. The van der Waals surface area contributed by atoms with Crippen LogP contribution < -0.4 is 10.2 Å². The fraction of sp³-hybridized carbons (Fsp3) is 0.500. The van der Waals surface area contributed by atoms with Gasteiger partial charge in [0.15, 0.2) is 0 Å². The van der Waals surface area contributed by atoms with E-state index in [-0.39, 0.29) is 0 Å². The fourth-order valence-corrected chi connectivity index (χ4v) is 3.24. The first-order chi connectivity index (χ1) is 8.29. The Bertz CT molecular complexity index is 446. The molecule has 0 spiro atoms. The van der Waals surface area contributed by atoms with Crippen molar-refractivity contribution in [3.8, 4) is 6.07 Å². The highest BCUT2D eigenvalue weighted by molar-refractivity contribution is 5.51. The summed E-state index contributed by atoms with van der Waals surface area (Å²) in [6.45, 7) is 5.76. The van der Waals surface area contributed by atoms with E-state index in [4.69, 9.17) is 5.26 Å². The van der Waals surface area contributed by atoms with Gasteiger partial charge in [0.05, 0.1) is 11.6 Å². The largest absolute Gasteiger partial charge is 0.368 e. The molecule has 2 saturated heterocycles. The molecule has 0 aliphatic carbocycles. The highest BCUT2D eigenvalue weighted by Gasteiger charge is 2.41. The molecule has 2 aliphatic heterocycles. The standard InChI is InChI=1S/C14H17N3/c1-10-14-8-16-7-12(14)9-17(10)13-4-2-11(6-15)3-5-13/h2-5,10,12,14,16H,7-9H2,1H3. The molecule has 88 valence electrons. The summed E-state index contributed by atoms with van der Waals surface area (Å²) in [5.41, 5.74) is 1.99. The molecule has 1 aromatic rings. The fourth-order valence-electron chi connectivity index (χ4n) is 3.24. The maximum absolute atomic E-state index is 8.81. The average molecular weight is 227 g/mol. The summed E-state index contributed by atoms with van der Waals surface area (Å²) in [4.78, 5) is 2.48. The molecule has 2 heterocycles. The molecule has 2 fully saturated rings. The van der Waals surface area contributed by atoms with Crippen LogP contribution in [0.15, 0.2) is 24.3 Å². The van der Waals surface area contributed by atoms with Gasteiger partial charge >= 0.3 is 0 Å². The highest BCUT2D eigenvalue weighted by Crippen LogP contribution is 2.35. The van der Waals surface area contributed by atoms with Crippen LogP contribution >= 0.6 is 0 Å². The van der Waals surface area contributed by atoms with E-state index in [0.29, 0.717) is 6.04 Å². The minimum Gasteiger partial charge on any atom is -0.368 e. The van der Waals surface area contributed by atoms with Crippen LogP contribution in [0.5, 0.6) is 0 Å². The number of hydrogen-bond acceptors (Lipinski definition) is 3. The molecule has 0 radical (unpaired) electrons. The molecule has 3 atom stereocenters. The monoisotopic (exact) mass is 227 g/mol. The zero-order chi connectivity index (χ0) is 11.8. The van der Waals surface area contributed by atoms with Crippen LogP contribution in [-0.2, 0) is 0 Å². The van der Waals surface area contributed by atoms with Crippen molar-refractivity contribution in [3.05, 3.63) is 29.8 Å². The Morgan fingerprint density at radius 2 is 2.06 bits per heavy atom. The van der Waals surface area contributed by atoms with Crippen LogP contribution in [0.1, 0.15) is 12.5 Å². The number of fused-ring (bicyclic) bond motifs is 1. The minimum absolute atomic E-state index is 0.600. The van der Waals surface area contributed by atoms with Crippen molar-refractivity contribution in [2.75, 3.05) is 24.5 Å². The number of rotatable bonds is 1. The van der Waals surface area contributed by atoms with E-state index in [1.54, 1.807) is 0 Å². The van der Waals surface area contributed by atoms with E-state index >= 15 is 0 Å². The number of hydrogen-bond donors (Lipinski definition) is 1. The van der Waals surface area contributed by atoms with E-state index in [9.17, 15) is 0 Å². The maximum atomic E-state index is 8.81. The first-order valence-corrected chi connectivity index (χ1v) is 6.27. The lowest BCUT2D eigenvalue weighted by Gasteiger charge is -2.26. The SMILES string of the molecule is CC1C2CNCC2CN1c1ccc(C#N)cc1. The number of anilines is 1. The van der Waals surface area contributed by atoms with Crippen LogP contribution in [0.25, 0.3) is 0 Å². The van der Waals surface area contributed by atoms with E-state index < -0.39 is 0 Å². The van der Waals surface area contributed by atoms with Crippen molar-refractivity contribution >= 4 is 5.69 Å². The second-order valence-corrected chi connectivity index (χ2v) is 5.13. The third-order valence-corrected chi connectivity index (χ3v) is 4.26. The average Bonchev–Trinajstić information content (AvgIpc) is 2.93. The predicted octanol–water partition coefficient (Wildman–Crippen LogP) is 1.60. The van der Waals surface area contributed by atoms with Crippen LogP contribution in [0.4, 0.5) is 5.69 Å². The summed E-state index contributed by atoms with van der Waals surface area (Å²) in [5.74, 6) is 1.58. The molecule has 1 aromatic carbocycles. The third-order valence-electron chi connectivity index (χ3n) is 4.26. The predicted molar refractivity (Wildman–Crippen MR) is 67.8 cm³/mol. The Morgan fingerprint density at radius 3 is 2.71 bits per heavy atom.